The molecule has 0 N–H and O–H groups in total. The van der Waals surface area contributed by atoms with E-state index in [1.807, 2.05) is 0 Å². The topological polar surface area (TPSA) is 32.8 Å². The molecule has 63 heavy (non-hydrogen) atoms. The minimum atomic E-state index is 0.265. The molecule has 0 atom stereocenters. The number of para-hydroxylation sites is 2. The van der Waals surface area contributed by atoms with E-state index in [0.717, 1.165) is 82.8 Å². The Balaban J connectivity index is 1.08. The number of hydrogen-bond acceptors (Lipinski definition) is 4. The number of benzene rings is 9. The van der Waals surface area contributed by atoms with Crippen LogP contribution in [0.4, 0.5) is 34.1 Å². The Morgan fingerprint density at radius 3 is 1.37 bits per heavy atom. The summed E-state index contributed by atoms with van der Waals surface area (Å²) in [5, 5.41) is 8.99. The van der Waals surface area contributed by atoms with Gasteiger partial charge in [0.1, 0.15) is 11.2 Å². The summed E-state index contributed by atoms with van der Waals surface area (Å²) in [4.78, 5) is 4.79. The van der Waals surface area contributed by atoms with Crippen molar-refractivity contribution in [2.45, 2.75) is 61.3 Å². The minimum Gasteiger partial charge on any atom is -0.452 e. The van der Waals surface area contributed by atoms with Gasteiger partial charge in [-0.3, -0.25) is 0 Å². The van der Waals surface area contributed by atoms with E-state index in [-0.39, 0.29) is 5.92 Å². The summed E-state index contributed by atoms with van der Waals surface area (Å²) >= 11 is 0. The highest BCUT2D eigenvalue weighted by molar-refractivity contribution is 6.23. The normalized spacial score (nSPS) is 12.0. The van der Waals surface area contributed by atoms with Crippen LogP contribution in [-0.4, -0.2) is 0 Å². The number of fused-ring (bicyclic) bond motifs is 9. The number of anilines is 6. The van der Waals surface area contributed by atoms with E-state index in [0.29, 0.717) is 0 Å². The van der Waals surface area contributed by atoms with Gasteiger partial charge >= 0.3 is 0 Å². The smallest absolute Gasteiger partial charge is 0.178 e. The van der Waals surface area contributed by atoms with Crippen molar-refractivity contribution in [3.05, 3.63) is 191 Å². The van der Waals surface area contributed by atoms with Crippen molar-refractivity contribution >= 4 is 99.5 Å². The average Bonchev–Trinajstić information content (AvgIpc) is 3.83. The first-order valence-electron chi connectivity index (χ1n) is 22.1. The molecule has 308 valence electrons. The predicted molar refractivity (Wildman–Crippen MR) is 268 cm³/mol. The molecular weight excluding hydrogens is 769 g/mol. The molecule has 0 saturated carbocycles. The lowest BCUT2D eigenvalue weighted by Gasteiger charge is -2.29. The van der Waals surface area contributed by atoms with Crippen LogP contribution in [0.1, 0.15) is 58.7 Å². The van der Waals surface area contributed by atoms with Crippen LogP contribution in [-0.2, 0) is 0 Å². The third kappa shape index (κ3) is 6.19. The molecule has 2 aromatic heterocycles. The van der Waals surface area contributed by atoms with Crippen LogP contribution in [0.25, 0.3) is 65.4 Å². The van der Waals surface area contributed by atoms with Crippen molar-refractivity contribution in [1.82, 2.24) is 0 Å². The Hall–Kier alpha value is -7.30. The fraction of sp³-hybridized carbons (Fsp3) is 0.153. The van der Waals surface area contributed by atoms with Crippen molar-refractivity contribution in [3.8, 4) is 0 Å². The molecule has 11 aromatic rings. The average molecular weight is 819 g/mol. The molecule has 0 unspecified atom stereocenters. The molecule has 9 aromatic carbocycles. The van der Waals surface area contributed by atoms with E-state index in [2.05, 4.69) is 217 Å². The summed E-state index contributed by atoms with van der Waals surface area (Å²) in [7, 11) is 0. The molecule has 0 aliphatic heterocycles. The zero-order chi connectivity index (χ0) is 43.3. The molecule has 4 nitrogen and oxygen atoms in total. The zero-order valence-corrected chi connectivity index (χ0v) is 37.2. The molecule has 0 saturated heterocycles. The van der Waals surface area contributed by atoms with Gasteiger partial charge in [0.2, 0.25) is 0 Å². The van der Waals surface area contributed by atoms with Crippen molar-refractivity contribution in [3.63, 3.8) is 0 Å². The van der Waals surface area contributed by atoms with Crippen LogP contribution in [0.2, 0.25) is 0 Å². The first kappa shape index (κ1) is 38.6. The molecule has 0 bridgehead atoms. The van der Waals surface area contributed by atoms with Crippen LogP contribution in [0.5, 0.6) is 0 Å². The molecule has 11 rings (SSSR count). The monoisotopic (exact) mass is 818 g/mol. The van der Waals surface area contributed by atoms with Crippen LogP contribution < -0.4 is 9.80 Å². The van der Waals surface area contributed by atoms with E-state index in [1.165, 1.54) is 55.7 Å². The first-order chi connectivity index (χ1) is 30.5. The van der Waals surface area contributed by atoms with Crippen LogP contribution >= 0.6 is 0 Å². The fourth-order valence-electron chi connectivity index (χ4n) is 9.79. The van der Waals surface area contributed by atoms with Gasteiger partial charge in [-0.25, -0.2) is 0 Å². The van der Waals surface area contributed by atoms with Crippen molar-refractivity contribution in [2.24, 2.45) is 0 Å². The summed E-state index contributed by atoms with van der Waals surface area (Å²) in [5.41, 5.74) is 19.0. The molecule has 0 radical (unpaired) electrons. The van der Waals surface area contributed by atoms with E-state index < -0.39 is 0 Å². The van der Waals surface area contributed by atoms with Gasteiger partial charge in [-0.05, 0) is 187 Å². The summed E-state index contributed by atoms with van der Waals surface area (Å²) in [5.74, 6) is 0.265. The predicted octanol–water partition coefficient (Wildman–Crippen LogP) is 17.7. The number of rotatable bonds is 7. The van der Waals surface area contributed by atoms with Crippen LogP contribution in [0, 0.1) is 41.5 Å². The van der Waals surface area contributed by atoms with Gasteiger partial charge in [-0.2, -0.15) is 0 Å². The number of aryl methyl sites for hydroxylation is 4. The van der Waals surface area contributed by atoms with Gasteiger partial charge in [0.25, 0.3) is 0 Å². The SMILES string of the molecule is Cc1ccccc1N(c1ccc2cc3c(cc2c1)oc1c3cc(C(C)C)c2c3cc4ccc(N(c5ccccc5C)c5cccc(C)c5C)cc4cc3oc12)c1cccc(C)c1C. The molecule has 0 amide bonds. The van der Waals surface area contributed by atoms with Gasteiger partial charge in [0.15, 0.2) is 11.2 Å². The lowest BCUT2D eigenvalue weighted by Crippen LogP contribution is -2.13. The van der Waals surface area contributed by atoms with Crippen LogP contribution in [0.3, 0.4) is 0 Å². The van der Waals surface area contributed by atoms with Crippen LogP contribution in [0.15, 0.2) is 160 Å². The molecule has 0 aliphatic rings. The summed E-state index contributed by atoms with van der Waals surface area (Å²) in [6.07, 6.45) is 0. The number of nitrogens with zero attached hydrogens (tertiary/aromatic N) is 2. The van der Waals surface area contributed by atoms with Gasteiger partial charge in [-0.1, -0.05) is 86.6 Å². The Morgan fingerprint density at radius 2 is 0.841 bits per heavy atom. The standard InChI is InChI=1S/C59H50N2O2/c1-34(2)47-33-49-48-29-41-23-25-45(60(51-19-11-9-15-37(51)5)53-21-13-17-35(3)39(53)7)27-43(41)31-55(48)62-58(49)59-57(47)50-30-42-24-26-46(28-44(42)32-56(50)63-59)61(52-20-12-10-16-38(52)6)54-22-14-18-36(4)40(54)8/h9-34H,1-8H3. The van der Waals surface area contributed by atoms with E-state index >= 15 is 0 Å². The number of hydrogen-bond donors (Lipinski definition) is 0. The third-order valence-electron chi connectivity index (χ3n) is 13.6. The summed E-state index contributed by atoms with van der Waals surface area (Å²) < 4.78 is 13.9. The minimum absolute atomic E-state index is 0.265. The van der Waals surface area contributed by atoms with Gasteiger partial charge < -0.3 is 18.6 Å². The third-order valence-corrected chi connectivity index (χ3v) is 13.6. The highest BCUT2D eigenvalue weighted by Crippen LogP contribution is 2.47. The first-order valence-corrected chi connectivity index (χ1v) is 22.1. The fourth-order valence-corrected chi connectivity index (χ4v) is 9.79. The molecular formula is C59H50N2O2. The van der Waals surface area contributed by atoms with Gasteiger partial charge in [0.05, 0.1) is 0 Å². The van der Waals surface area contributed by atoms with Crippen molar-refractivity contribution in [1.29, 1.82) is 0 Å². The van der Waals surface area contributed by atoms with E-state index in [1.54, 1.807) is 0 Å². The van der Waals surface area contributed by atoms with E-state index in [4.69, 9.17) is 8.83 Å². The van der Waals surface area contributed by atoms with E-state index in [9.17, 15) is 0 Å². The van der Waals surface area contributed by atoms with Crippen molar-refractivity contribution in [2.75, 3.05) is 9.80 Å². The highest BCUT2D eigenvalue weighted by atomic mass is 16.4. The quantitative estimate of drug-likeness (QED) is 0.160. The zero-order valence-electron chi connectivity index (χ0n) is 37.2. The Bertz CT molecular complexity index is 3640. The molecule has 2 heterocycles. The van der Waals surface area contributed by atoms with Gasteiger partial charge in [-0.15, -0.1) is 0 Å². The Morgan fingerprint density at radius 1 is 0.381 bits per heavy atom. The summed E-state index contributed by atoms with van der Waals surface area (Å²) in [6, 6.07) is 55.4. The Labute approximate surface area is 368 Å². The second-order valence-corrected chi connectivity index (χ2v) is 17.8. The molecule has 4 heteroatoms. The maximum Gasteiger partial charge on any atom is 0.178 e. The molecule has 0 spiro atoms. The van der Waals surface area contributed by atoms with Gasteiger partial charge in [0, 0.05) is 55.7 Å². The number of furan rings is 2. The molecule has 0 fully saturated rings. The summed E-state index contributed by atoms with van der Waals surface area (Å²) in [6.45, 7) is 17.7. The van der Waals surface area contributed by atoms with Crippen molar-refractivity contribution < 1.29 is 8.83 Å². The maximum atomic E-state index is 6.98. The largest absolute Gasteiger partial charge is 0.452 e. The lowest BCUT2D eigenvalue weighted by molar-refractivity contribution is 0.633. The molecule has 0 aliphatic carbocycles. The highest BCUT2D eigenvalue weighted by Gasteiger charge is 2.24. The second kappa shape index (κ2) is 14.7. The maximum absolute atomic E-state index is 6.98. The lowest BCUT2D eigenvalue weighted by atomic mass is 9.94. The Kier molecular flexibility index (Phi) is 8.99. The second-order valence-electron chi connectivity index (χ2n) is 17.8.